The van der Waals surface area contributed by atoms with Gasteiger partial charge in [-0.15, -0.1) is 11.3 Å². The van der Waals surface area contributed by atoms with Gasteiger partial charge in [-0.05, 0) is 43.0 Å². The number of pyridine rings is 1. The molecule has 0 aliphatic heterocycles. The molecule has 0 spiro atoms. The molecule has 0 aliphatic carbocycles. The van der Waals surface area contributed by atoms with Gasteiger partial charge in [-0.25, -0.2) is 19.2 Å². The Morgan fingerprint density at radius 3 is 2.68 bits per heavy atom. The van der Waals surface area contributed by atoms with Crippen molar-refractivity contribution >= 4 is 34.0 Å². The molecule has 0 radical (unpaired) electrons. The molecule has 3 aromatic heterocycles. The number of nitrogens with zero attached hydrogens (tertiary/aromatic N) is 3. The van der Waals surface area contributed by atoms with Crippen molar-refractivity contribution in [1.82, 2.24) is 15.0 Å². The lowest BCUT2D eigenvalue weighted by Crippen LogP contribution is -2.04. The van der Waals surface area contributed by atoms with Crippen LogP contribution < -0.4 is 4.74 Å². The van der Waals surface area contributed by atoms with Gasteiger partial charge < -0.3 is 14.6 Å². The predicted molar refractivity (Wildman–Crippen MR) is 126 cm³/mol. The fourth-order valence-corrected chi connectivity index (χ4v) is 4.22. The zero-order valence-electron chi connectivity index (χ0n) is 18.3. The van der Waals surface area contributed by atoms with Crippen LogP contribution in [0.25, 0.3) is 21.3 Å². The summed E-state index contributed by atoms with van der Waals surface area (Å²) in [5.41, 5.74) is 3.30. The minimum absolute atomic E-state index is 0.250. The Labute approximate surface area is 199 Å². The van der Waals surface area contributed by atoms with E-state index in [1.165, 1.54) is 25.4 Å². The number of fused-ring (bicyclic) bond motifs is 1. The lowest BCUT2D eigenvalue weighted by atomic mass is 10.0. The number of carbonyl (C=O) groups excluding carboxylic acids is 1. The van der Waals surface area contributed by atoms with Gasteiger partial charge in [-0.2, -0.15) is 0 Å². The number of rotatable bonds is 8. The van der Waals surface area contributed by atoms with Gasteiger partial charge >= 0.3 is 5.97 Å². The van der Waals surface area contributed by atoms with Crippen LogP contribution in [0.2, 0.25) is 0 Å². The number of halogens is 1. The molecule has 0 saturated heterocycles. The number of hydrogen-bond acceptors (Lipinski definition) is 8. The van der Waals surface area contributed by atoms with Gasteiger partial charge in [0.05, 0.1) is 31.2 Å². The van der Waals surface area contributed by atoms with Gasteiger partial charge in [0.25, 0.3) is 6.47 Å². The second-order valence-electron chi connectivity index (χ2n) is 6.97. The van der Waals surface area contributed by atoms with E-state index in [4.69, 9.17) is 19.4 Å². The summed E-state index contributed by atoms with van der Waals surface area (Å²) in [6.45, 7) is 0.245. The van der Waals surface area contributed by atoms with Crippen LogP contribution in [0.3, 0.4) is 0 Å². The highest BCUT2D eigenvalue weighted by Gasteiger charge is 2.13. The maximum Gasteiger partial charge on any atom is 0.339 e. The van der Waals surface area contributed by atoms with Crippen molar-refractivity contribution in [2.45, 2.75) is 19.3 Å². The van der Waals surface area contributed by atoms with E-state index in [0.717, 1.165) is 46.3 Å². The molecule has 4 rings (SSSR count). The Morgan fingerprint density at radius 2 is 1.94 bits per heavy atom. The molecule has 0 amide bonds. The fraction of sp³-hybridized carbons (Fsp3) is 0.208. The van der Waals surface area contributed by atoms with Gasteiger partial charge in [0.1, 0.15) is 22.7 Å². The summed E-state index contributed by atoms with van der Waals surface area (Å²) in [6, 6.07) is 8.09. The lowest BCUT2D eigenvalue weighted by molar-refractivity contribution is -0.122. The molecule has 0 atom stereocenters. The van der Waals surface area contributed by atoms with Crippen LogP contribution >= 0.6 is 11.3 Å². The van der Waals surface area contributed by atoms with E-state index in [2.05, 4.69) is 15.0 Å². The standard InChI is InChI=1S/C23H20FN3O3S.CH2O2/c1-29-23(28)16-10-18(12-25-11-16)30-9-3-2-4-20-21-19(13-31-22(21)27-14-26-20)15-5-7-17(24)8-6-15;2-1-3/h5-8,10-14H,2-4,9H2,1H3;1H,(H,2,3). The lowest BCUT2D eigenvalue weighted by Gasteiger charge is -2.08. The van der Waals surface area contributed by atoms with Crippen molar-refractivity contribution in [1.29, 1.82) is 0 Å². The van der Waals surface area contributed by atoms with Gasteiger partial charge in [0, 0.05) is 22.5 Å². The quantitative estimate of drug-likeness (QED) is 0.216. The van der Waals surface area contributed by atoms with Crippen molar-refractivity contribution in [2.75, 3.05) is 13.7 Å². The number of unbranched alkanes of at least 4 members (excludes halogenated alkanes) is 1. The molecule has 0 aliphatic rings. The van der Waals surface area contributed by atoms with Crippen molar-refractivity contribution in [2.24, 2.45) is 0 Å². The first-order valence-corrected chi connectivity index (χ1v) is 11.2. The Hall–Kier alpha value is -3.92. The molecule has 4 aromatic rings. The predicted octanol–water partition coefficient (Wildman–Crippen LogP) is 4.78. The summed E-state index contributed by atoms with van der Waals surface area (Å²) >= 11 is 1.56. The average Bonchev–Trinajstić information content (AvgIpc) is 3.29. The number of benzene rings is 1. The average molecular weight is 484 g/mol. The monoisotopic (exact) mass is 483 g/mol. The molecule has 8 nitrogen and oxygen atoms in total. The number of aryl methyl sites for hydroxylation is 1. The van der Waals surface area contributed by atoms with Crippen LogP contribution in [-0.4, -0.2) is 46.2 Å². The van der Waals surface area contributed by atoms with Crippen LogP contribution in [0, 0.1) is 5.82 Å². The van der Waals surface area contributed by atoms with Crippen molar-refractivity contribution in [3.63, 3.8) is 0 Å². The number of aromatic nitrogens is 3. The normalized spacial score (nSPS) is 10.3. The van der Waals surface area contributed by atoms with Crippen LogP contribution in [0.5, 0.6) is 5.75 Å². The number of carboxylic acid groups (broad SMARTS) is 1. The Balaban J connectivity index is 0.00000103. The summed E-state index contributed by atoms with van der Waals surface area (Å²) in [5.74, 6) is -0.172. The van der Waals surface area contributed by atoms with E-state index in [9.17, 15) is 9.18 Å². The van der Waals surface area contributed by atoms with Crippen molar-refractivity contribution < 1.29 is 28.6 Å². The summed E-state index contributed by atoms with van der Waals surface area (Å²) in [4.78, 5) is 33.8. The van der Waals surface area contributed by atoms with Gasteiger partial charge in [0.2, 0.25) is 0 Å². The largest absolute Gasteiger partial charge is 0.492 e. The third kappa shape index (κ3) is 6.32. The molecular weight excluding hydrogens is 461 g/mol. The first-order chi connectivity index (χ1) is 16.6. The number of thiophene rings is 1. The molecule has 0 saturated carbocycles. The van der Waals surface area contributed by atoms with Gasteiger partial charge in [-0.3, -0.25) is 9.78 Å². The molecule has 1 aromatic carbocycles. The highest BCUT2D eigenvalue weighted by atomic mass is 32.1. The molecule has 0 bridgehead atoms. The molecule has 3 heterocycles. The summed E-state index contributed by atoms with van der Waals surface area (Å²) < 4.78 is 23.7. The fourth-order valence-electron chi connectivity index (χ4n) is 3.28. The van der Waals surface area contributed by atoms with E-state index in [-0.39, 0.29) is 12.3 Å². The van der Waals surface area contributed by atoms with E-state index >= 15 is 0 Å². The molecule has 10 heteroatoms. The van der Waals surface area contributed by atoms with Crippen LogP contribution in [0.15, 0.2) is 54.4 Å². The summed E-state index contributed by atoms with van der Waals surface area (Å²) in [5, 5.41) is 9.95. The summed E-state index contributed by atoms with van der Waals surface area (Å²) in [6.07, 6.45) is 7.05. The Kier molecular flexibility index (Phi) is 8.98. The highest BCUT2D eigenvalue weighted by Crippen LogP contribution is 2.34. The number of hydrogen-bond donors (Lipinski definition) is 1. The van der Waals surface area contributed by atoms with Gasteiger partial charge in [0.15, 0.2) is 0 Å². The SMILES string of the molecule is COC(=O)c1cncc(OCCCCc2ncnc3scc(-c4ccc(F)cc4)c23)c1.O=CO. The number of ether oxygens (including phenoxy) is 2. The minimum atomic E-state index is -0.446. The van der Waals surface area contributed by atoms with Crippen LogP contribution in [0.1, 0.15) is 28.9 Å². The molecule has 34 heavy (non-hydrogen) atoms. The third-order valence-corrected chi connectivity index (χ3v) is 5.70. The van der Waals surface area contributed by atoms with Gasteiger partial charge in [-0.1, -0.05) is 12.1 Å². The number of carbonyl (C=O) groups is 2. The van der Waals surface area contributed by atoms with E-state index in [1.807, 2.05) is 5.38 Å². The molecular formula is C24H22FN3O5S. The Morgan fingerprint density at radius 1 is 1.18 bits per heavy atom. The Bertz CT molecular complexity index is 1250. The molecule has 0 unspecified atom stereocenters. The van der Waals surface area contributed by atoms with Crippen LogP contribution in [-0.2, 0) is 16.0 Å². The first-order valence-electron chi connectivity index (χ1n) is 10.3. The zero-order valence-corrected chi connectivity index (χ0v) is 19.1. The topological polar surface area (TPSA) is 112 Å². The summed E-state index contributed by atoms with van der Waals surface area (Å²) in [7, 11) is 1.33. The molecule has 176 valence electrons. The highest BCUT2D eigenvalue weighted by molar-refractivity contribution is 7.17. The maximum atomic E-state index is 13.3. The second kappa shape index (κ2) is 12.4. The molecule has 1 N–H and O–H groups in total. The van der Waals surface area contributed by atoms with Crippen molar-refractivity contribution in [3.8, 4) is 16.9 Å². The zero-order chi connectivity index (χ0) is 24.3. The van der Waals surface area contributed by atoms with E-state index in [1.54, 1.807) is 42.1 Å². The smallest absolute Gasteiger partial charge is 0.339 e. The third-order valence-electron chi connectivity index (χ3n) is 4.81. The number of methoxy groups -OCH3 is 1. The van der Waals surface area contributed by atoms with E-state index in [0.29, 0.717) is 17.9 Å². The number of esters is 1. The van der Waals surface area contributed by atoms with E-state index < -0.39 is 5.97 Å². The van der Waals surface area contributed by atoms with Crippen LogP contribution in [0.4, 0.5) is 4.39 Å². The molecule has 0 fully saturated rings. The minimum Gasteiger partial charge on any atom is -0.492 e. The maximum absolute atomic E-state index is 13.3. The second-order valence-corrected chi connectivity index (χ2v) is 7.83. The van der Waals surface area contributed by atoms with Crippen molar-refractivity contribution in [3.05, 3.63) is 71.5 Å². The first kappa shape index (κ1) is 24.7.